The van der Waals surface area contributed by atoms with Crippen LogP contribution in [0.15, 0.2) is 21.4 Å². The first-order valence-corrected chi connectivity index (χ1v) is 8.35. The van der Waals surface area contributed by atoms with Crippen LogP contribution in [0.4, 0.5) is 48.3 Å². The summed E-state index contributed by atoms with van der Waals surface area (Å²) in [4.78, 5) is 17.1. The number of alkyl halides is 11. The highest BCUT2D eigenvalue weighted by atomic mass is 32.1. The smallest absolute Gasteiger partial charge is 0.404 e. The van der Waals surface area contributed by atoms with Crippen LogP contribution < -0.4 is 11.3 Å². The minimum absolute atomic E-state index is 0.0146. The Morgan fingerprint density at radius 1 is 1.06 bits per heavy atom. The molecule has 0 saturated carbocycles. The summed E-state index contributed by atoms with van der Waals surface area (Å²) in [6.45, 7) is -2.28. The molecule has 0 bridgehead atoms. The normalized spacial score (nSPS) is 14.7. The Balaban J connectivity index is 2.72. The molecule has 172 valence electrons. The monoisotopic (exact) mass is 488 g/mol. The standard InChI is InChI=1S/C14H7F11N4OS/c15-11(16,14(23,24)25)4-27-2-5(1-26)7-8(13(20,21)22)28-10-29(9(7)30)6(3-31-10)12(17,18)19/h1-3H,4,26H2. The van der Waals surface area contributed by atoms with Crippen molar-refractivity contribution in [3.8, 4) is 0 Å². The number of fused-ring (bicyclic) bond motifs is 1. The molecule has 0 aliphatic heterocycles. The van der Waals surface area contributed by atoms with Gasteiger partial charge in [0.15, 0.2) is 10.7 Å². The highest BCUT2D eigenvalue weighted by Gasteiger charge is 2.57. The summed E-state index contributed by atoms with van der Waals surface area (Å²) >= 11 is 0.0606. The maximum Gasteiger partial charge on any atom is 0.455 e. The molecule has 0 unspecified atom stereocenters. The molecule has 0 spiro atoms. The van der Waals surface area contributed by atoms with Crippen LogP contribution in [0.25, 0.3) is 10.5 Å². The third-order valence-electron chi connectivity index (χ3n) is 3.53. The van der Waals surface area contributed by atoms with E-state index in [1.54, 1.807) is 0 Å². The van der Waals surface area contributed by atoms with Gasteiger partial charge >= 0.3 is 24.5 Å². The third kappa shape index (κ3) is 4.80. The fourth-order valence-corrected chi connectivity index (χ4v) is 3.04. The van der Waals surface area contributed by atoms with Crippen molar-refractivity contribution in [2.24, 2.45) is 10.7 Å². The number of hydrogen-bond acceptors (Lipinski definition) is 5. The van der Waals surface area contributed by atoms with Crippen molar-refractivity contribution in [1.82, 2.24) is 9.38 Å². The molecule has 2 N–H and O–H groups in total. The van der Waals surface area contributed by atoms with Gasteiger partial charge in [0, 0.05) is 23.4 Å². The van der Waals surface area contributed by atoms with Crippen molar-refractivity contribution in [2.75, 3.05) is 6.54 Å². The number of nitrogens with two attached hydrogens (primary N) is 1. The number of halogens is 11. The largest absolute Gasteiger partial charge is 0.455 e. The Bertz CT molecular complexity index is 1090. The second-order valence-corrected chi connectivity index (χ2v) is 6.51. The van der Waals surface area contributed by atoms with Gasteiger partial charge in [-0.25, -0.2) is 9.38 Å². The molecule has 31 heavy (non-hydrogen) atoms. The van der Waals surface area contributed by atoms with Crippen LogP contribution in [0, 0.1) is 0 Å². The SMILES string of the molecule is NC=C(C=NCC(F)(F)C(F)(F)F)c1c(C(F)(F)F)nc2scc(C(F)(F)F)n2c1=O. The van der Waals surface area contributed by atoms with Crippen LogP contribution in [-0.4, -0.2) is 34.2 Å². The lowest BCUT2D eigenvalue weighted by Crippen LogP contribution is -2.39. The molecule has 5 nitrogen and oxygen atoms in total. The van der Waals surface area contributed by atoms with Gasteiger partial charge < -0.3 is 5.73 Å². The van der Waals surface area contributed by atoms with E-state index in [1.807, 2.05) is 0 Å². The molecule has 2 aromatic heterocycles. The van der Waals surface area contributed by atoms with Crippen molar-refractivity contribution in [3.63, 3.8) is 0 Å². The molecule has 0 atom stereocenters. The molecule has 0 saturated heterocycles. The molecule has 17 heteroatoms. The molecule has 0 fully saturated rings. The molecule has 0 amide bonds. The summed E-state index contributed by atoms with van der Waals surface area (Å²) in [5.74, 6) is -5.37. The van der Waals surface area contributed by atoms with E-state index in [2.05, 4.69) is 9.98 Å². The number of nitrogens with zero attached hydrogens (tertiary/aromatic N) is 3. The predicted molar refractivity (Wildman–Crippen MR) is 85.9 cm³/mol. The number of aromatic nitrogens is 2. The number of thiazole rings is 1. The molecular weight excluding hydrogens is 481 g/mol. The van der Waals surface area contributed by atoms with Crippen molar-refractivity contribution < 1.29 is 48.3 Å². The average Bonchev–Trinajstić information content (AvgIpc) is 3.02. The van der Waals surface area contributed by atoms with E-state index in [4.69, 9.17) is 5.73 Å². The maximum atomic E-state index is 13.4. The first-order chi connectivity index (χ1) is 13.9. The number of allylic oxidation sites excluding steroid dienone is 1. The maximum absolute atomic E-state index is 13.4. The van der Waals surface area contributed by atoms with Gasteiger partial charge in [-0.3, -0.25) is 9.79 Å². The van der Waals surface area contributed by atoms with Crippen molar-refractivity contribution in [2.45, 2.75) is 24.5 Å². The van der Waals surface area contributed by atoms with E-state index in [-0.39, 0.29) is 28.2 Å². The molecule has 2 rings (SSSR count). The second kappa shape index (κ2) is 7.76. The van der Waals surface area contributed by atoms with Crippen LogP contribution in [0.2, 0.25) is 0 Å². The van der Waals surface area contributed by atoms with Gasteiger partial charge in [0.1, 0.15) is 12.2 Å². The first-order valence-electron chi connectivity index (χ1n) is 7.47. The lowest BCUT2D eigenvalue weighted by atomic mass is 10.1. The van der Waals surface area contributed by atoms with E-state index in [0.717, 1.165) is 0 Å². The minimum atomic E-state index is -6.04. The Hall–Kier alpha value is -2.72. The van der Waals surface area contributed by atoms with Crippen LogP contribution >= 0.6 is 11.3 Å². The molecule has 0 aliphatic rings. The van der Waals surface area contributed by atoms with E-state index in [9.17, 15) is 53.1 Å². The van der Waals surface area contributed by atoms with Crippen LogP contribution in [0.3, 0.4) is 0 Å². The van der Waals surface area contributed by atoms with Gasteiger partial charge in [-0.15, -0.1) is 11.3 Å². The van der Waals surface area contributed by atoms with Crippen molar-refractivity contribution in [1.29, 1.82) is 0 Å². The molecular formula is C14H7F11N4OS. The summed E-state index contributed by atoms with van der Waals surface area (Å²) in [6.07, 6.45) is -16.5. The van der Waals surface area contributed by atoms with Gasteiger partial charge in [0.05, 0.1) is 5.56 Å². The van der Waals surface area contributed by atoms with E-state index in [0.29, 0.717) is 5.38 Å². The summed E-state index contributed by atoms with van der Waals surface area (Å²) in [7, 11) is 0. The highest BCUT2D eigenvalue weighted by molar-refractivity contribution is 7.15. The van der Waals surface area contributed by atoms with E-state index >= 15 is 0 Å². The molecule has 0 radical (unpaired) electrons. The number of hydrogen-bond donors (Lipinski definition) is 1. The zero-order chi connectivity index (χ0) is 24.0. The molecule has 0 aromatic carbocycles. The van der Waals surface area contributed by atoms with Crippen molar-refractivity contribution >= 4 is 28.1 Å². The zero-order valence-corrected chi connectivity index (χ0v) is 15.1. The lowest BCUT2D eigenvalue weighted by Gasteiger charge is -2.17. The van der Waals surface area contributed by atoms with E-state index < -0.39 is 64.0 Å². The van der Waals surface area contributed by atoms with Gasteiger partial charge in [0.2, 0.25) is 0 Å². The lowest BCUT2D eigenvalue weighted by molar-refractivity contribution is -0.276. The molecule has 2 aromatic rings. The summed E-state index contributed by atoms with van der Waals surface area (Å²) < 4.78 is 141. The van der Waals surface area contributed by atoms with Gasteiger partial charge in [-0.05, 0) is 0 Å². The third-order valence-corrected chi connectivity index (χ3v) is 4.36. The Morgan fingerprint density at radius 2 is 1.65 bits per heavy atom. The number of aliphatic imine (C=N–C) groups is 1. The van der Waals surface area contributed by atoms with Gasteiger partial charge in [0.25, 0.3) is 5.56 Å². The second-order valence-electron chi connectivity index (χ2n) is 5.67. The summed E-state index contributed by atoms with van der Waals surface area (Å²) in [6, 6.07) is 0. The fourth-order valence-electron chi connectivity index (χ4n) is 2.15. The van der Waals surface area contributed by atoms with Gasteiger partial charge in [-0.2, -0.15) is 48.3 Å². The Labute approximate surface area is 167 Å². The van der Waals surface area contributed by atoms with Crippen molar-refractivity contribution in [3.05, 3.63) is 38.9 Å². The Morgan fingerprint density at radius 3 is 2.10 bits per heavy atom. The average molecular weight is 488 g/mol. The zero-order valence-electron chi connectivity index (χ0n) is 14.3. The molecule has 0 aliphatic carbocycles. The topological polar surface area (TPSA) is 72.8 Å². The fraction of sp³-hybridized carbons (Fsp3) is 0.357. The van der Waals surface area contributed by atoms with E-state index in [1.165, 1.54) is 0 Å². The minimum Gasteiger partial charge on any atom is -0.404 e. The van der Waals surface area contributed by atoms with Crippen LogP contribution in [0.5, 0.6) is 0 Å². The highest BCUT2D eigenvalue weighted by Crippen LogP contribution is 2.37. The predicted octanol–water partition coefficient (Wildman–Crippen LogP) is 4.36. The molecule has 2 heterocycles. The Kier molecular flexibility index (Phi) is 6.14. The quantitative estimate of drug-likeness (QED) is 0.514. The number of rotatable bonds is 4. The summed E-state index contributed by atoms with van der Waals surface area (Å²) in [5, 5.41) is 0.317. The van der Waals surface area contributed by atoms with Crippen LogP contribution in [-0.2, 0) is 12.4 Å². The van der Waals surface area contributed by atoms with Crippen LogP contribution in [0.1, 0.15) is 17.0 Å². The summed E-state index contributed by atoms with van der Waals surface area (Å²) in [5.41, 5.74) is -3.39. The first kappa shape index (κ1) is 24.5. The van der Waals surface area contributed by atoms with Gasteiger partial charge in [-0.1, -0.05) is 0 Å².